The second kappa shape index (κ2) is 5.26. The van der Waals surface area contributed by atoms with Crippen LogP contribution in [0.5, 0.6) is 0 Å². The van der Waals surface area contributed by atoms with Gasteiger partial charge in [0.15, 0.2) is 0 Å². The lowest BCUT2D eigenvalue weighted by Gasteiger charge is -2.30. The van der Waals surface area contributed by atoms with E-state index in [0.717, 1.165) is 6.42 Å². The van der Waals surface area contributed by atoms with Gasteiger partial charge in [-0.15, -0.1) is 0 Å². The van der Waals surface area contributed by atoms with Crippen LogP contribution in [0.15, 0.2) is 0 Å². The number of hydrogen-bond donors (Lipinski definition) is 2. The van der Waals surface area contributed by atoms with Crippen LogP contribution in [0.1, 0.15) is 40.0 Å². The fraction of sp³-hybridized carbons (Fsp3) is 0.846. The standard InChI is InChI=1S/C13H25N3O2/c1-5-6-13(3,14)11(18)16-8-7-12(2,9-16)10(17)15-4/h5-9,14H2,1-4H3,(H,15,17). The van der Waals surface area contributed by atoms with Crippen molar-refractivity contribution in [2.24, 2.45) is 11.1 Å². The summed E-state index contributed by atoms with van der Waals surface area (Å²) in [5, 5.41) is 2.66. The summed E-state index contributed by atoms with van der Waals surface area (Å²) < 4.78 is 0. The Labute approximate surface area is 109 Å². The quantitative estimate of drug-likeness (QED) is 0.767. The van der Waals surface area contributed by atoms with E-state index in [2.05, 4.69) is 5.32 Å². The summed E-state index contributed by atoms with van der Waals surface area (Å²) in [6.07, 6.45) is 2.24. The van der Waals surface area contributed by atoms with Crippen molar-refractivity contribution >= 4 is 11.8 Å². The Bertz CT molecular complexity index is 341. The maximum Gasteiger partial charge on any atom is 0.242 e. The molecule has 0 bridgehead atoms. The van der Waals surface area contributed by atoms with Crippen molar-refractivity contribution in [3.63, 3.8) is 0 Å². The second-order valence-corrected chi connectivity index (χ2v) is 5.78. The van der Waals surface area contributed by atoms with Gasteiger partial charge in [-0.05, 0) is 26.7 Å². The molecule has 1 saturated heterocycles. The Morgan fingerprint density at radius 1 is 1.50 bits per heavy atom. The highest BCUT2D eigenvalue weighted by atomic mass is 16.2. The number of carbonyl (C=O) groups is 2. The number of carbonyl (C=O) groups excluding carboxylic acids is 2. The Morgan fingerprint density at radius 3 is 2.61 bits per heavy atom. The second-order valence-electron chi connectivity index (χ2n) is 5.78. The van der Waals surface area contributed by atoms with Crippen LogP contribution in [0.4, 0.5) is 0 Å². The molecule has 2 atom stereocenters. The van der Waals surface area contributed by atoms with E-state index in [4.69, 9.17) is 5.73 Å². The third-order valence-corrected chi connectivity index (χ3v) is 3.79. The number of nitrogens with zero attached hydrogens (tertiary/aromatic N) is 1. The molecular weight excluding hydrogens is 230 g/mol. The molecule has 0 aromatic carbocycles. The molecular formula is C13H25N3O2. The number of rotatable bonds is 4. The Morgan fingerprint density at radius 2 is 2.11 bits per heavy atom. The lowest BCUT2D eigenvalue weighted by Crippen LogP contribution is -2.53. The van der Waals surface area contributed by atoms with Gasteiger partial charge in [-0.25, -0.2) is 0 Å². The van der Waals surface area contributed by atoms with Crippen LogP contribution in [-0.2, 0) is 9.59 Å². The fourth-order valence-electron chi connectivity index (χ4n) is 2.61. The average molecular weight is 255 g/mol. The van der Waals surface area contributed by atoms with Gasteiger partial charge in [0.25, 0.3) is 0 Å². The maximum atomic E-state index is 12.3. The van der Waals surface area contributed by atoms with Gasteiger partial charge in [-0.2, -0.15) is 0 Å². The molecule has 1 fully saturated rings. The van der Waals surface area contributed by atoms with Gasteiger partial charge in [-0.1, -0.05) is 13.3 Å². The first-order valence-electron chi connectivity index (χ1n) is 6.57. The van der Waals surface area contributed by atoms with Gasteiger partial charge in [0.2, 0.25) is 11.8 Å². The van der Waals surface area contributed by atoms with E-state index in [1.165, 1.54) is 0 Å². The van der Waals surface area contributed by atoms with Gasteiger partial charge in [0.05, 0.1) is 11.0 Å². The van der Waals surface area contributed by atoms with Gasteiger partial charge < -0.3 is 16.0 Å². The average Bonchev–Trinajstić information content (AvgIpc) is 2.71. The van der Waals surface area contributed by atoms with E-state index in [-0.39, 0.29) is 11.8 Å². The normalized spacial score (nSPS) is 26.8. The predicted molar refractivity (Wildman–Crippen MR) is 70.9 cm³/mol. The highest BCUT2D eigenvalue weighted by Gasteiger charge is 2.44. The van der Waals surface area contributed by atoms with Crippen LogP contribution < -0.4 is 11.1 Å². The van der Waals surface area contributed by atoms with Crippen molar-refractivity contribution < 1.29 is 9.59 Å². The van der Waals surface area contributed by atoms with Crippen LogP contribution in [0, 0.1) is 5.41 Å². The van der Waals surface area contributed by atoms with Gasteiger partial charge in [0, 0.05) is 20.1 Å². The van der Waals surface area contributed by atoms with E-state index in [9.17, 15) is 9.59 Å². The number of nitrogens with one attached hydrogen (secondary N) is 1. The summed E-state index contributed by atoms with van der Waals surface area (Å²) in [5.41, 5.74) is 4.76. The minimum absolute atomic E-state index is 0.00739. The number of amides is 2. The summed E-state index contributed by atoms with van der Waals surface area (Å²) in [4.78, 5) is 25.9. The van der Waals surface area contributed by atoms with E-state index >= 15 is 0 Å². The van der Waals surface area contributed by atoms with Gasteiger partial charge in [-0.3, -0.25) is 9.59 Å². The van der Waals surface area contributed by atoms with Crippen molar-refractivity contribution in [3.05, 3.63) is 0 Å². The van der Waals surface area contributed by atoms with Crippen molar-refractivity contribution in [3.8, 4) is 0 Å². The summed E-state index contributed by atoms with van der Waals surface area (Å²) in [6, 6.07) is 0. The molecule has 0 radical (unpaired) electrons. The topological polar surface area (TPSA) is 75.4 Å². The van der Waals surface area contributed by atoms with Crippen molar-refractivity contribution in [1.29, 1.82) is 0 Å². The molecule has 1 aliphatic rings. The van der Waals surface area contributed by atoms with E-state index in [0.29, 0.717) is 25.9 Å². The van der Waals surface area contributed by atoms with Gasteiger partial charge >= 0.3 is 0 Å². The number of hydrogen-bond acceptors (Lipinski definition) is 3. The van der Waals surface area contributed by atoms with Crippen molar-refractivity contribution in [2.45, 2.75) is 45.6 Å². The van der Waals surface area contributed by atoms with Crippen LogP contribution in [-0.4, -0.2) is 42.4 Å². The van der Waals surface area contributed by atoms with Crippen molar-refractivity contribution in [2.75, 3.05) is 20.1 Å². The zero-order chi connectivity index (χ0) is 14.0. The molecule has 2 unspecified atom stereocenters. The maximum absolute atomic E-state index is 12.3. The third-order valence-electron chi connectivity index (χ3n) is 3.79. The minimum atomic E-state index is -0.817. The molecule has 1 aliphatic heterocycles. The first-order valence-corrected chi connectivity index (χ1v) is 6.57. The van der Waals surface area contributed by atoms with Crippen molar-refractivity contribution in [1.82, 2.24) is 10.2 Å². The van der Waals surface area contributed by atoms with E-state index in [1.807, 2.05) is 13.8 Å². The molecule has 3 N–H and O–H groups in total. The predicted octanol–water partition coefficient (Wildman–Crippen LogP) is 0.489. The Balaban J connectivity index is 2.73. The molecule has 104 valence electrons. The molecule has 18 heavy (non-hydrogen) atoms. The fourth-order valence-corrected chi connectivity index (χ4v) is 2.61. The number of likely N-dealkylation sites (tertiary alicyclic amines) is 1. The molecule has 0 aromatic heterocycles. The molecule has 0 aromatic rings. The molecule has 0 aliphatic carbocycles. The first-order chi connectivity index (χ1) is 8.27. The molecule has 0 saturated carbocycles. The summed E-state index contributed by atoms with van der Waals surface area (Å²) in [5.74, 6) is -0.0519. The summed E-state index contributed by atoms with van der Waals surface area (Å²) >= 11 is 0. The van der Waals surface area contributed by atoms with Crippen LogP contribution in [0.2, 0.25) is 0 Å². The smallest absolute Gasteiger partial charge is 0.242 e. The minimum Gasteiger partial charge on any atom is -0.359 e. The first kappa shape index (κ1) is 15.0. The molecule has 2 amide bonds. The lowest BCUT2D eigenvalue weighted by atomic mass is 9.88. The number of nitrogens with two attached hydrogens (primary N) is 1. The summed E-state index contributed by atoms with van der Waals surface area (Å²) in [6.45, 7) is 6.75. The van der Waals surface area contributed by atoms with Crippen LogP contribution in [0.3, 0.4) is 0 Å². The lowest BCUT2D eigenvalue weighted by molar-refractivity contribution is -0.136. The summed E-state index contributed by atoms with van der Waals surface area (Å²) in [7, 11) is 1.63. The van der Waals surface area contributed by atoms with E-state index in [1.54, 1.807) is 18.9 Å². The van der Waals surface area contributed by atoms with Crippen LogP contribution in [0.25, 0.3) is 0 Å². The SMILES string of the molecule is CCCC(C)(N)C(=O)N1CCC(C)(C(=O)NC)C1. The Hall–Kier alpha value is -1.10. The van der Waals surface area contributed by atoms with Crippen LogP contribution >= 0.6 is 0 Å². The third kappa shape index (κ3) is 2.83. The molecule has 5 heteroatoms. The highest BCUT2D eigenvalue weighted by molar-refractivity contribution is 5.88. The molecule has 1 rings (SSSR count). The van der Waals surface area contributed by atoms with E-state index < -0.39 is 11.0 Å². The highest BCUT2D eigenvalue weighted by Crippen LogP contribution is 2.31. The Kier molecular flexibility index (Phi) is 4.37. The molecule has 1 heterocycles. The largest absolute Gasteiger partial charge is 0.359 e. The molecule has 5 nitrogen and oxygen atoms in total. The zero-order valence-corrected chi connectivity index (χ0v) is 11.9. The van der Waals surface area contributed by atoms with Gasteiger partial charge in [0.1, 0.15) is 0 Å². The monoisotopic (exact) mass is 255 g/mol. The molecule has 0 spiro atoms. The zero-order valence-electron chi connectivity index (χ0n) is 11.9.